The predicted octanol–water partition coefficient (Wildman–Crippen LogP) is -0.768. The molecule has 1 rings (SSSR count). The maximum atomic E-state index is 5.17. The molecule has 0 aromatic carbocycles. The zero-order valence-corrected chi connectivity index (χ0v) is 7.77. The first-order valence-electron chi connectivity index (χ1n) is 3.61. The summed E-state index contributed by atoms with van der Waals surface area (Å²) in [4.78, 5) is 13.5. The van der Waals surface area contributed by atoms with E-state index >= 15 is 0 Å². The van der Waals surface area contributed by atoms with E-state index in [0.29, 0.717) is 5.95 Å². The molecule has 3 N–H and O–H groups in total. The van der Waals surface area contributed by atoms with E-state index < -0.39 is 0 Å². The van der Waals surface area contributed by atoms with Crippen molar-refractivity contribution in [3.63, 3.8) is 0 Å². The Morgan fingerprint density at radius 2 is 2.00 bits per heavy atom. The Bertz CT molecular complexity index is 266. The first-order valence-corrected chi connectivity index (χ1v) is 3.61. The third-order valence-corrected chi connectivity index (χ3v) is 1.31. The van der Waals surface area contributed by atoms with E-state index in [2.05, 4.69) is 20.4 Å². The largest absolute Gasteiger partial charge is 0.467 e. The molecule has 72 valence electrons. The Labute approximate surface area is 75.9 Å². The summed E-state index contributed by atoms with van der Waals surface area (Å²) < 4.78 is 4.86. The molecule has 0 spiro atoms. The lowest BCUT2D eigenvalue weighted by Gasteiger charge is -2.11. The average molecular weight is 184 g/mol. The lowest BCUT2D eigenvalue weighted by atomic mass is 10.8. The number of ether oxygens (including phenoxy) is 1. The lowest BCUT2D eigenvalue weighted by Crippen LogP contribution is -2.17. The third kappa shape index (κ3) is 2.15. The zero-order valence-electron chi connectivity index (χ0n) is 7.77. The van der Waals surface area contributed by atoms with E-state index in [1.54, 1.807) is 4.90 Å². The van der Waals surface area contributed by atoms with Gasteiger partial charge in [-0.1, -0.05) is 0 Å². The van der Waals surface area contributed by atoms with Gasteiger partial charge in [0.2, 0.25) is 11.9 Å². The molecule has 7 nitrogen and oxygen atoms in total. The molecular weight excluding hydrogens is 172 g/mol. The van der Waals surface area contributed by atoms with Gasteiger partial charge in [0, 0.05) is 14.1 Å². The van der Waals surface area contributed by atoms with Gasteiger partial charge in [-0.2, -0.15) is 15.0 Å². The first-order chi connectivity index (χ1) is 6.17. The molecule has 1 aromatic rings. The van der Waals surface area contributed by atoms with Gasteiger partial charge in [0.15, 0.2) is 0 Å². The van der Waals surface area contributed by atoms with Gasteiger partial charge in [-0.3, -0.25) is 5.43 Å². The fourth-order valence-corrected chi connectivity index (χ4v) is 0.702. The SMILES string of the molecule is COc1nc(NN)nc(N(C)C)n1. The minimum absolute atomic E-state index is 0.228. The van der Waals surface area contributed by atoms with Crippen molar-refractivity contribution in [1.29, 1.82) is 0 Å². The normalized spacial score (nSPS) is 9.54. The summed E-state index contributed by atoms with van der Waals surface area (Å²) in [5.41, 5.74) is 2.33. The van der Waals surface area contributed by atoms with E-state index in [0.717, 1.165) is 0 Å². The molecule has 0 unspecified atom stereocenters. The van der Waals surface area contributed by atoms with Crippen molar-refractivity contribution in [2.24, 2.45) is 5.84 Å². The van der Waals surface area contributed by atoms with E-state index in [1.165, 1.54) is 7.11 Å². The number of nitrogens with two attached hydrogens (primary N) is 1. The van der Waals surface area contributed by atoms with Crippen molar-refractivity contribution in [2.45, 2.75) is 0 Å². The number of hydrogen-bond acceptors (Lipinski definition) is 7. The highest BCUT2D eigenvalue weighted by atomic mass is 16.5. The Morgan fingerprint density at radius 1 is 1.31 bits per heavy atom. The molecule has 0 radical (unpaired) electrons. The number of aromatic nitrogens is 3. The van der Waals surface area contributed by atoms with Crippen LogP contribution in [-0.2, 0) is 0 Å². The van der Waals surface area contributed by atoms with Crippen LogP contribution in [0.5, 0.6) is 6.01 Å². The molecule has 0 aliphatic carbocycles. The van der Waals surface area contributed by atoms with Crippen molar-refractivity contribution in [3.8, 4) is 6.01 Å². The summed E-state index contributed by atoms with van der Waals surface area (Å²) in [6, 6.07) is 0.228. The first kappa shape index (κ1) is 9.46. The summed E-state index contributed by atoms with van der Waals surface area (Å²) in [6.45, 7) is 0. The molecule has 7 heteroatoms. The number of hydrazine groups is 1. The molecule has 1 heterocycles. The maximum absolute atomic E-state index is 5.17. The van der Waals surface area contributed by atoms with Gasteiger partial charge >= 0.3 is 6.01 Å². The number of hydrogen-bond donors (Lipinski definition) is 2. The second kappa shape index (κ2) is 3.85. The third-order valence-electron chi connectivity index (χ3n) is 1.31. The molecule has 0 amide bonds. The van der Waals surface area contributed by atoms with Crippen LogP contribution in [0.1, 0.15) is 0 Å². The highest BCUT2D eigenvalue weighted by molar-refractivity contribution is 5.35. The van der Waals surface area contributed by atoms with Crippen LogP contribution in [0.3, 0.4) is 0 Å². The van der Waals surface area contributed by atoms with Crippen LogP contribution in [0.2, 0.25) is 0 Å². The van der Waals surface area contributed by atoms with Crippen LogP contribution in [0.25, 0.3) is 0 Å². The van der Waals surface area contributed by atoms with Crippen molar-refractivity contribution in [2.75, 3.05) is 31.5 Å². The second-order valence-electron chi connectivity index (χ2n) is 2.48. The van der Waals surface area contributed by atoms with Gasteiger partial charge < -0.3 is 9.64 Å². The van der Waals surface area contributed by atoms with Gasteiger partial charge in [-0.05, 0) is 0 Å². The number of methoxy groups -OCH3 is 1. The molecule has 0 fully saturated rings. The number of nitrogens with zero attached hydrogens (tertiary/aromatic N) is 4. The molecule has 0 saturated heterocycles. The number of nitrogens with one attached hydrogen (secondary N) is 1. The van der Waals surface area contributed by atoms with Crippen LogP contribution in [0.4, 0.5) is 11.9 Å². The molecule has 0 aliphatic heterocycles. The van der Waals surface area contributed by atoms with E-state index in [1.807, 2.05) is 14.1 Å². The Balaban J connectivity index is 3.07. The highest BCUT2D eigenvalue weighted by Gasteiger charge is 2.06. The van der Waals surface area contributed by atoms with Gasteiger partial charge in [-0.15, -0.1) is 0 Å². The fourth-order valence-electron chi connectivity index (χ4n) is 0.702. The van der Waals surface area contributed by atoms with E-state index in [9.17, 15) is 0 Å². The molecule has 0 saturated carbocycles. The monoisotopic (exact) mass is 184 g/mol. The van der Waals surface area contributed by atoms with Gasteiger partial charge in [0.1, 0.15) is 0 Å². The van der Waals surface area contributed by atoms with E-state index in [4.69, 9.17) is 10.6 Å². The standard InChI is InChI=1S/C6H12N6O/c1-12(2)5-8-4(11-7)9-6(10-5)13-3/h7H2,1-3H3,(H,8,9,10,11). The molecular formula is C6H12N6O. The number of rotatable bonds is 3. The average Bonchev–Trinajstić information content (AvgIpc) is 2.16. The van der Waals surface area contributed by atoms with Crippen molar-refractivity contribution in [1.82, 2.24) is 15.0 Å². The van der Waals surface area contributed by atoms with Crippen molar-refractivity contribution in [3.05, 3.63) is 0 Å². The predicted molar refractivity (Wildman–Crippen MR) is 48.5 cm³/mol. The van der Waals surface area contributed by atoms with Crippen LogP contribution in [-0.4, -0.2) is 36.2 Å². The molecule has 13 heavy (non-hydrogen) atoms. The number of anilines is 2. The van der Waals surface area contributed by atoms with Gasteiger partial charge in [-0.25, -0.2) is 5.84 Å². The number of nitrogen functional groups attached to an aromatic ring is 1. The Kier molecular flexibility index (Phi) is 2.80. The molecule has 0 atom stereocenters. The fraction of sp³-hybridized carbons (Fsp3) is 0.500. The minimum atomic E-state index is 0.228. The van der Waals surface area contributed by atoms with Crippen LogP contribution < -0.4 is 20.9 Å². The highest BCUT2D eigenvalue weighted by Crippen LogP contribution is 2.11. The van der Waals surface area contributed by atoms with Gasteiger partial charge in [0.05, 0.1) is 7.11 Å². The lowest BCUT2D eigenvalue weighted by molar-refractivity contribution is 0.379. The summed E-state index contributed by atoms with van der Waals surface area (Å²) in [5.74, 6) is 5.93. The maximum Gasteiger partial charge on any atom is 0.322 e. The summed E-state index contributed by atoms with van der Waals surface area (Å²) in [6.07, 6.45) is 0. The van der Waals surface area contributed by atoms with Crippen LogP contribution >= 0.6 is 0 Å². The van der Waals surface area contributed by atoms with Gasteiger partial charge in [0.25, 0.3) is 0 Å². The summed E-state index contributed by atoms with van der Waals surface area (Å²) >= 11 is 0. The molecule has 0 bridgehead atoms. The minimum Gasteiger partial charge on any atom is -0.467 e. The smallest absolute Gasteiger partial charge is 0.322 e. The summed E-state index contributed by atoms with van der Waals surface area (Å²) in [5, 5.41) is 0. The quantitative estimate of drug-likeness (QED) is 0.471. The topological polar surface area (TPSA) is 89.2 Å². The Morgan fingerprint density at radius 3 is 2.46 bits per heavy atom. The van der Waals surface area contributed by atoms with Crippen LogP contribution in [0, 0.1) is 0 Å². The second-order valence-corrected chi connectivity index (χ2v) is 2.48. The van der Waals surface area contributed by atoms with Crippen molar-refractivity contribution >= 4 is 11.9 Å². The zero-order chi connectivity index (χ0) is 9.84. The molecule has 1 aromatic heterocycles. The van der Waals surface area contributed by atoms with Crippen LogP contribution in [0.15, 0.2) is 0 Å². The van der Waals surface area contributed by atoms with E-state index in [-0.39, 0.29) is 12.0 Å². The Hall–Kier alpha value is -1.63. The van der Waals surface area contributed by atoms with Crippen molar-refractivity contribution < 1.29 is 4.74 Å². The molecule has 0 aliphatic rings. The summed E-state index contributed by atoms with van der Waals surface area (Å²) in [7, 11) is 5.11.